The number of hydrogen-bond acceptors (Lipinski definition) is 8. The van der Waals surface area contributed by atoms with Crippen LogP contribution in [-0.4, -0.2) is 73.7 Å². The third-order valence-electron chi connectivity index (χ3n) is 6.26. The van der Waals surface area contributed by atoms with E-state index in [1.807, 2.05) is 32.1 Å². The Morgan fingerprint density at radius 1 is 1.03 bits per heavy atom. The molecule has 0 aliphatic carbocycles. The molecule has 3 N–H and O–H groups in total. The van der Waals surface area contributed by atoms with Crippen molar-refractivity contribution in [1.82, 2.24) is 19.9 Å². The number of hydrogen-bond donors (Lipinski definition) is 2. The van der Waals surface area contributed by atoms with Gasteiger partial charge in [-0.15, -0.1) is 0 Å². The van der Waals surface area contributed by atoms with E-state index in [9.17, 15) is 13.2 Å². The minimum atomic E-state index is -4.44. The maximum atomic E-state index is 13.2. The lowest BCUT2D eigenvalue weighted by molar-refractivity contribution is -0.137. The molecule has 0 saturated carbocycles. The molecule has 8 nitrogen and oxygen atoms in total. The number of nitrogen functional groups attached to an aromatic ring is 1. The first-order valence-electron chi connectivity index (χ1n) is 12.1. The van der Waals surface area contributed by atoms with E-state index in [4.69, 9.17) is 15.7 Å². The number of alkyl halides is 3. The van der Waals surface area contributed by atoms with Crippen molar-refractivity contribution in [3.63, 3.8) is 0 Å². The highest BCUT2D eigenvalue weighted by Gasteiger charge is 2.31. The third kappa shape index (κ3) is 6.26. The van der Waals surface area contributed by atoms with Crippen LogP contribution in [0.3, 0.4) is 0 Å². The molecule has 1 aromatic carbocycles. The first-order chi connectivity index (χ1) is 17.1. The quantitative estimate of drug-likeness (QED) is 0.427. The number of nitrogens with one attached hydrogen (secondary N) is 1. The average molecular weight is 503 g/mol. The maximum absolute atomic E-state index is 13.2. The van der Waals surface area contributed by atoms with Crippen LogP contribution in [0.4, 0.5) is 36.4 Å². The average Bonchev–Trinajstić information content (AvgIpc) is 3.36. The van der Waals surface area contributed by atoms with Gasteiger partial charge in [0.15, 0.2) is 0 Å². The second kappa shape index (κ2) is 10.7. The zero-order chi connectivity index (χ0) is 25.9. The fourth-order valence-corrected chi connectivity index (χ4v) is 4.24. The number of benzene rings is 1. The Bertz CT molecular complexity index is 1190. The van der Waals surface area contributed by atoms with E-state index in [1.165, 1.54) is 0 Å². The Balaban J connectivity index is 1.60. The lowest BCUT2D eigenvalue weighted by Crippen LogP contribution is -2.30. The lowest BCUT2D eigenvalue weighted by Gasteiger charge is -2.22. The smallest absolute Gasteiger partial charge is 0.399 e. The Hall–Kier alpha value is -3.34. The molecule has 3 aromatic rings. The van der Waals surface area contributed by atoms with Crippen LogP contribution < -0.4 is 20.9 Å². The molecule has 4 rings (SSSR count). The largest absolute Gasteiger partial charge is 0.416 e. The molecule has 0 radical (unpaired) electrons. The molecule has 2 aromatic heterocycles. The molecule has 0 amide bonds. The van der Waals surface area contributed by atoms with Crippen LogP contribution >= 0.6 is 0 Å². The molecule has 0 unspecified atom stereocenters. The van der Waals surface area contributed by atoms with Crippen molar-refractivity contribution in [3.05, 3.63) is 41.6 Å². The van der Waals surface area contributed by atoms with Gasteiger partial charge in [0, 0.05) is 50.8 Å². The van der Waals surface area contributed by atoms with Gasteiger partial charge in [-0.1, -0.05) is 0 Å². The van der Waals surface area contributed by atoms with Gasteiger partial charge in [-0.3, -0.25) is 0 Å². The van der Waals surface area contributed by atoms with Crippen LogP contribution in [0.5, 0.6) is 0 Å². The second-order valence-electron chi connectivity index (χ2n) is 9.49. The zero-order valence-electron chi connectivity index (χ0n) is 20.9. The van der Waals surface area contributed by atoms with Gasteiger partial charge in [0.1, 0.15) is 11.6 Å². The van der Waals surface area contributed by atoms with Gasteiger partial charge in [0.05, 0.1) is 17.3 Å². The summed E-state index contributed by atoms with van der Waals surface area (Å²) in [5.74, 6) is 2.08. The van der Waals surface area contributed by atoms with Gasteiger partial charge in [-0.25, -0.2) is 9.97 Å². The fraction of sp³-hybridized carbons (Fsp3) is 0.480. The summed E-state index contributed by atoms with van der Waals surface area (Å²) in [5.41, 5.74) is 6.31. The topological polar surface area (TPSA) is 86.4 Å². The number of fused-ring (bicyclic) bond motifs is 1. The molecule has 194 valence electrons. The van der Waals surface area contributed by atoms with Crippen LogP contribution in [0.15, 0.2) is 30.5 Å². The highest BCUT2D eigenvalue weighted by molar-refractivity contribution is 5.91. The molecule has 3 heterocycles. The van der Waals surface area contributed by atoms with E-state index in [1.54, 1.807) is 12.3 Å². The molecule has 0 spiro atoms. The summed E-state index contributed by atoms with van der Waals surface area (Å²) in [6.45, 7) is 3.88. The van der Waals surface area contributed by atoms with Gasteiger partial charge in [0.25, 0.3) is 0 Å². The second-order valence-corrected chi connectivity index (χ2v) is 9.49. The van der Waals surface area contributed by atoms with Crippen molar-refractivity contribution in [2.45, 2.75) is 25.4 Å². The SMILES string of the molecule is CN(C)CCN(C)c1nc(NCCc2cc(N)cc(C(F)(F)F)c2)c2cc(N3CCCC3)ncc2n1. The number of anilines is 4. The first-order valence-corrected chi connectivity index (χ1v) is 12.1. The summed E-state index contributed by atoms with van der Waals surface area (Å²) in [4.78, 5) is 20.5. The van der Waals surface area contributed by atoms with Crippen LogP contribution in [0.2, 0.25) is 0 Å². The van der Waals surface area contributed by atoms with Crippen molar-refractivity contribution in [3.8, 4) is 0 Å². The van der Waals surface area contributed by atoms with Crippen LogP contribution in [-0.2, 0) is 12.6 Å². The summed E-state index contributed by atoms with van der Waals surface area (Å²) in [5, 5.41) is 4.17. The normalized spacial score (nSPS) is 14.1. The van der Waals surface area contributed by atoms with Crippen LogP contribution in [0, 0.1) is 0 Å². The molecule has 0 bridgehead atoms. The number of pyridine rings is 1. The van der Waals surface area contributed by atoms with Crippen LogP contribution in [0.25, 0.3) is 10.9 Å². The Morgan fingerprint density at radius 3 is 2.47 bits per heavy atom. The molecular weight excluding hydrogens is 469 g/mol. The maximum Gasteiger partial charge on any atom is 0.416 e. The molecule has 1 aliphatic heterocycles. The van der Waals surface area contributed by atoms with Crippen molar-refractivity contribution < 1.29 is 13.2 Å². The third-order valence-corrected chi connectivity index (χ3v) is 6.26. The Morgan fingerprint density at radius 2 is 1.78 bits per heavy atom. The predicted octanol–water partition coefficient (Wildman–Crippen LogP) is 3.88. The number of halogens is 3. The Kier molecular flexibility index (Phi) is 7.67. The number of rotatable bonds is 9. The van der Waals surface area contributed by atoms with Gasteiger partial charge in [0.2, 0.25) is 5.95 Å². The number of nitrogens with zero attached hydrogens (tertiary/aromatic N) is 6. The lowest BCUT2D eigenvalue weighted by atomic mass is 10.1. The molecule has 36 heavy (non-hydrogen) atoms. The summed E-state index contributed by atoms with van der Waals surface area (Å²) < 4.78 is 39.6. The minimum absolute atomic E-state index is 0.0958. The number of aromatic nitrogens is 3. The Labute approximate surface area is 209 Å². The summed E-state index contributed by atoms with van der Waals surface area (Å²) in [6.07, 6.45) is -0.0400. The minimum Gasteiger partial charge on any atom is -0.399 e. The molecule has 1 fully saturated rings. The molecule has 1 aliphatic rings. The highest BCUT2D eigenvalue weighted by atomic mass is 19.4. The molecule has 0 atom stereocenters. The van der Waals surface area contributed by atoms with E-state index < -0.39 is 11.7 Å². The standard InChI is InChI=1S/C25H33F3N8/c1-34(2)10-11-35(3)24-32-21-16-31-22(36-8-4-5-9-36)15-20(21)23(33-24)30-7-6-17-12-18(25(26,27)28)14-19(29)13-17/h12-16H,4-11,29H2,1-3H3,(H,30,32,33). The van der Waals surface area contributed by atoms with Crippen molar-refractivity contribution >= 4 is 34.2 Å². The highest BCUT2D eigenvalue weighted by Crippen LogP contribution is 2.32. The van der Waals surface area contributed by atoms with E-state index in [-0.39, 0.29) is 5.69 Å². The van der Waals surface area contributed by atoms with E-state index in [0.29, 0.717) is 35.8 Å². The van der Waals surface area contributed by atoms with Crippen molar-refractivity contribution in [2.75, 3.05) is 74.7 Å². The molecule has 1 saturated heterocycles. The monoisotopic (exact) mass is 502 g/mol. The van der Waals surface area contributed by atoms with Crippen molar-refractivity contribution in [2.24, 2.45) is 0 Å². The number of nitrogens with two attached hydrogens (primary N) is 1. The van der Waals surface area contributed by atoms with E-state index in [0.717, 1.165) is 62.4 Å². The summed E-state index contributed by atoms with van der Waals surface area (Å²) >= 11 is 0. The summed E-state index contributed by atoms with van der Waals surface area (Å²) in [6, 6.07) is 5.67. The molecular formula is C25H33F3N8. The number of likely N-dealkylation sites (N-methyl/N-ethyl adjacent to an activating group) is 2. The van der Waals surface area contributed by atoms with Gasteiger partial charge < -0.3 is 25.8 Å². The van der Waals surface area contributed by atoms with E-state index in [2.05, 4.69) is 20.1 Å². The van der Waals surface area contributed by atoms with E-state index >= 15 is 0 Å². The van der Waals surface area contributed by atoms with Gasteiger partial charge in [-0.05, 0) is 63.2 Å². The predicted molar refractivity (Wildman–Crippen MR) is 139 cm³/mol. The van der Waals surface area contributed by atoms with Crippen LogP contribution in [0.1, 0.15) is 24.0 Å². The van der Waals surface area contributed by atoms with Gasteiger partial charge in [-0.2, -0.15) is 18.2 Å². The van der Waals surface area contributed by atoms with Crippen molar-refractivity contribution in [1.29, 1.82) is 0 Å². The fourth-order valence-electron chi connectivity index (χ4n) is 4.24. The summed E-state index contributed by atoms with van der Waals surface area (Å²) in [7, 11) is 5.95. The van der Waals surface area contributed by atoms with Gasteiger partial charge >= 0.3 is 6.18 Å². The molecule has 11 heteroatoms. The first kappa shape index (κ1) is 25.7. The zero-order valence-corrected chi connectivity index (χ0v) is 20.9.